The molecule has 0 aromatic heterocycles. The molecule has 1 atom stereocenters. The zero-order valence-corrected chi connectivity index (χ0v) is 15.0. The molecular weight excluding hydrogens is 316 g/mol. The Morgan fingerprint density at radius 2 is 1.68 bits per heavy atom. The molecule has 25 heavy (non-hydrogen) atoms. The van der Waals surface area contributed by atoms with Crippen LogP contribution in [0.15, 0.2) is 42.5 Å². The third-order valence-corrected chi connectivity index (χ3v) is 4.10. The Morgan fingerprint density at radius 3 is 2.28 bits per heavy atom. The number of nitrogens with one attached hydrogen (secondary N) is 1. The Hall–Kier alpha value is -2.53. The molecule has 134 valence electrons. The van der Waals surface area contributed by atoms with Gasteiger partial charge in [-0.15, -0.1) is 0 Å². The van der Waals surface area contributed by atoms with Crippen LogP contribution in [0.2, 0.25) is 0 Å². The van der Waals surface area contributed by atoms with Gasteiger partial charge in [0.25, 0.3) is 5.91 Å². The summed E-state index contributed by atoms with van der Waals surface area (Å²) in [6.07, 6.45) is 0.840. The normalized spacial score (nSPS) is 11.7. The third-order valence-electron chi connectivity index (χ3n) is 4.10. The molecular formula is C20H26N2O3. The summed E-state index contributed by atoms with van der Waals surface area (Å²) in [6.45, 7) is 3.19. The fourth-order valence-corrected chi connectivity index (χ4v) is 2.64. The fourth-order valence-electron chi connectivity index (χ4n) is 2.64. The monoisotopic (exact) mass is 342 g/mol. The first-order valence-corrected chi connectivity index (χ1v) is 8.35. The molecule has 5 heteroatoms. The van der Waals surface area contributed by atoms with Crippen molar-refractivity contribution in [3.63, 3.8) is 0 Å². The minimum atomic E-state index is -0.0669. The van der Waals surface area contributed by atoms with Gasteiger partial charge >= 0.3 is 0 Å². The van der Waals surface area contributed by atoms with E-state index in [4.69, 9.17) is 15.2 Å². The van der Waals surface area contributed by atoms with E-state index in [-0.39, 0.29) is 5.91 Å². The maximum Gasteiger partial charge on any atom is 0.251 e. The summed E-state index contributed by atoms with van der Waals surface area (Å²) in [5, 5.41) is 2.98. The number of nitrogens with two attached hydrogens (primary N) is 1. The zero-order valence-electron chi connectivity index (χ0n) is 15.0. The Labute approximate surface area is 149 Å². The van der Waals surface area contributed by atoms with Crippen LogP contribution >= 0.6 is 0 Å². The highest BCUT2D eigenvalue weighted by Crippen LogP contribution is 2.28. The van der Waals surface area contributed by atoms with Crippen molar-refractivity contribution in [1.29, 1.82) is 0 Å². The first-order chi connectivity index (χ1) is 12.1. The molecule has 3 N–H and O–H groups in total. The molecule has 2 aromatic carbocycles. The van der Waals surface area contributed by atoms with Gasteiger partial charge < -0.3 is 20.5 Å². The summed E-state index contributed by atoms with van der Waals surface area (Å²) in [5.41, 5.74) is 8.38. The Bertz CT molecular complexity index is 699. The summed E-state index contributed by atoms with van der Waals surface area (Å²) in [7, 11) is 3.25. The van der Waals surface area contributed by atoms with Gasteiger partial charge in [0.1, 0.15) is 0 Å². The molecule has 0 aliphatic rings. The first-order valence-electron chi connectivity index (χ1n) is 8.35. The maximum absolute atomic E-state index is 12.2. The predicted molar refractivity (Wildman–Crippen MR) is 99.1 cm³/mol. The number of amides is 1. The quantitative estimate of drug-likeness (QED) is 0.774. The number of methoxy groups -OCH3 is 2. The highest BCUT2D eigenvalue weighted by Gasteiger charge is 2.11. The van der Waals surface area contributed by atoms with E-state index >= 15 is 0 Å². The maximum atomic E-state index is 12.2. The topological polar surface area (TPSA) is 73.6 Å². The minimum absolute atomic E-state index is 0.0669. The lowest BCUT2D eigenvalue weighted by atomic mass is 10.0. The summed E-state index contributed by atoms with van der Waals surface area (Å²) < 4.78 is 10.6. The van der Waals surface area contributed by atoms with Gasteiger partial charge in [0, 0.05) is 18.7 Å². The van der Waals surface area contributed by atoms with E-state index in [0.717, 1.165) is 23.3 Å². The van der Waals surface area contributed by atoms with Crippen LogP contribution in [0.3, 0.4) is 0 Å². The summed E-state index contributed by atoms with van der Waals surface area (Å²) in [4.78, 5) is 12.2. The molecule has 5 nitrogen and oxygen atoms in total. The lowest BCUT2D eigenvalue weighted by molar-refractivity contribution is 0.0948. The molecule has 1 unspecified atom stereocenters. The highest BCUT2D eigenvalue weighted by atomic mass is 16.5. The number of benzene rings is 2. The average molecular weight is 342 g/mol. The van der Waals surface area contributed by atoms with Gasteiger partial charge in [0.2, 0.25) is 0 Å². The summed E-state index contributed by atoms with van der Waals surface area (Å²) >= 11 is 0. The van der Waals surface area contributed by atoms with E-state index in [2.05, 4.69) is 12.2 Å². The van der Waals surface area contributed by atoms with E-state index in [1.807, 2.05) is 30.3 Å². The number of rotatable bonds is 8. The minimum Gasteiger partial charge on any atom is -0.493 e. The SMILES string of the molecule is COc1ccc(CC(C)CNC(=O)c2ccc(CN)cc2)cc1OC. The Balaban J connectivity index is 1.89. The van der Waals surface area contributed by atoms with E-state index in [9.17, 15) is 4.79 Å². The predicted octanol–water partition coefficient (Wildman–Crippen LogP) is 2.77. The van der Waals surface area contributed by atoms with Gasteiger partial charge in [-0.25, -0.2) is 0 Å². The molecule has 0 fully saturated rings. The molecule has 1 amide bonds. The van der Waals surface area contributed by atoms with Gasteiger partial charge in [0.05, 0.1) is 14.2 Å². The van der Waals surface area contributed by atoms with E-state index in [1.54, 1.807) is 26.4 Å². The van der Waals surface area contributed by atoms with Crippen molar-refractivity contribution in [2.75, 3.05) is 20.8 Å². The first kappa shape index (κ1) is 18.8. The summed E-state index contributed by atoms with van der Waals surface area (Å²) in [6, 6.07) is 13.3. The van der Waals surface area contributed by atoms with Gasteiger partial charge in [-0.05, 0) is 47.7 Å². The average Bonchev–Trinajstić information content (AvgIpc) is 2.66. The molecule has 2 rings (SSSR count). The standard InChI is InChI=1S/C20H26N2O3/c1-14(10-16-6-9-18(24-2)19(11-16)25-3)13-22-20(23)17-7-4-15(12-21)5-8-17/h4-9,11,14H,10,12-13,21H2,1-3H3,(H,22,23). The molecule has 0 aliphatic heterocycles. The van der Waals surface area contributed by atoms with Crippen LogP contribution in [0.4, 0.5) is 0 Å². The Morgan fingerprint density at radius 1 is 1.04 bits per heavy atom. The highest BCUT2D eigenvalue weighted by molar-refractivity contribution is 5.94. The zero-order chi connectivity index (χ0) is 18.2. The number of carbonyl (C=O) groups excluding carboxylic acids is 1. The summed E-state index contributed by atoms with van der Waals surface area (Å²) in [5.74, 6) is 1.66. The van der Waals surface area contributed by atoms with Gasteiger partial charge in [-0.3, -0.25) is 4.79 Å². The van der Waals surface area contributed by atoms with Crippen LogP contribution in [0.25, 0.3) is 0 Å². The second-order valence-corrected chi connectivity index (χ2v) is 6.11. The molecule has 2 aromatic rings. The van der Waals surface area contributed by atoms with Crippen LogP contribution in [0, 0.1) is 5.92 Å². The largest absolute Gasteiger partial charge is 0.493 e. The molecule has 0 heterocycles. The lowest BCUT2D eigenvalue weighted by Crippen LogP contribution is -2.29. The van der Waals surface area contributed by atoms with Gasteiger partial charge in [0.15, 0.2) is 11.5 Å². The van der Waals surface area contributed by atoms with Crippen molar-refractivity contribution in [3.05, 3.63) is 59.2 Å². The number of hydrogen-bond donors (Lipinski definition) is 2. The van der Waals surface area contributed by atoms with Crippen molar-refractivity contribution >= 4 is 5.91 Å². The van der Waals surface area contributed by atoms with Crippen molar-refractivity contribution in [3.8, 4) is 11.5 Å². The van der Waals surface area contributed by atoms with Crippen molar-refractivity contribution in [2.24, 2.45) is 11.7 Å². The molecule has 0 saturated carbocycles. The number of carbonyl (C=O) groups is 1. The molecule has 0 spiro atoms. The van der Waals surface area contributed by atoms with Gasteiger partial charge in [-0.2, -0.15) is 0 Å². The number of hydrogen-bond acceptors (Lipinski definition) is 4. The van der Waals surface area contributed by atoms with Crippen LogP contribution in [-0.2, 0) is 13.0 Å². The van der Waals surface area contributed by atoms with E-state index in [1.165, 1.54) is 0 Å². The van der Waals surface area contributed by atoms with Crippen molar-refractivity contribution in [1.82, 2.24) is 5.32 Å². The molecule has 0 saturated heterocycles. The van der Waals surface area contributed by atoms with Crippen molar-refractivity contribution in [2.45, 2.75) is 19.9 Å². The molecule has 0 radical (unpaired) electrons. The smallest absolute Gasteiger partial charge is 0.251 e. The van der Waals surface area contributed by atoms with Crippen LogP contribution in [0.5, 0.6) is 11.5 Å². The Kier molecular flexibility index (Phi) is 6.83. The van der Waals surface area contributed by atoms with Crippen molar-refractivity contribution < 1.29 is 14.3 Å². The van der Waals surface area contributed by atoms with E-state index < -0.39 is 0 Å². The van der Waals surface area contributed by atoms with Crippen LogP contribution in [-0.4, -0.2) is 26.7 Å². The lowest BCUT2D eigenvalue weighted by Gasteiger charge is -2.15. The third kappa shape index (κ3) is 5.22. The molecule has 0 bridgehead atoms. The van der Waals surface area contributed by atoms with Gasteiger partial charge in [-0.1, -0.05) is 25.1 Å². The molecule has 0 aliphatic carbocycles. The van der Waals surface area contributed by atoms with Crippen LogP contribution < -0.4 is 20.5 Å². The van der Waals surface area contributed by atoms with E-state index in [0.29, 0.717) is 30.3 Å². The van der Waals surface area contributed by atoms with Crippen LogP contribution in [0.1, 0.15) is 28.4 Å². The fraction of sp³-hybridized carbons (Fsp3) is 0.350. The second-order valence-electron chi connectivity index (χ2n) is 6.11. The second kappa shape index (κ2) is 9.08. The number of ether oxygens (including phenoxy) is 2.